The number of aryl methyl sites for hydroxylation is 1. The molecule has 4 nitrogen and oxygen atoms in total. The number of hydrogen-bond donors (Lipinski definition) is 1. The summed E-state index contributed by atoms with van der Waals surface area (Å²) in [4.78, 5) is 11.9. The van der Waals surface area contributed by atoms with Gasteiger partial charge in [-0.3, -0.25) is 0 Å². The average Bonchev–Trinajstić information content (AvgIpc) is 2.87. The van der Waals surface area contributed by atoms with Gasteiger partial charge in [0.2, 0.25) is 0 Å². The molecule has 3 aromatic rings. The first-order valence-corrected chi connectivity index (χ1v) is 8.69. The number of aromatic carboxylic acids is 1. The Labute approximate surface area is 146 Å². The Bertz CT molecular complexity index is 937. The number of rotatable bonds is 5. The van der Waals surface area contributed by atoms with Crippen LogP contribution in [0.3, 0.4) is 0 Å². The molecule has 128 valence electrons. The zero-order valence-corrected chi connectivity index (χ0v) is 14.2. The fourth-order valence-electron chi connectivity index (χ4n) is 3.55. The maximum atomic E-state index is 11.9. The number of carboxylic acids is 1. The van der Waals surface area contributed by atoms with Gasteiger partial charge in [0.25, 0.3) is 0 Å². The number of ether oxygens (including phenoxy) is 1. The van der Waals surface area contributed by atoms with E-state index < -0.39 is 5.97 Å². The van der Waals surface area contributed by atoms with Crippen molar-refractivity contribution in [1.29, 1.82) is 0 Å². The third-order valence-electron chi connectivity index (χ3n) is 5.14. The van der Waals surface area contributed by atoms with Gasteiger partial charge in [-0.1, -0.05) is 36.8 Å². The third-order valence-corrected chi connectivity index (χ3v) is 5.14. The van der Waals surface area contributed by atoms with E-state index in [-0.39, 0.29) is 0 Å². The molecule has 0 atom stereocenters. The van der Waals surface area contributed by atoms with Crippen LogP contribution >= 0.6 is 0 Å². The number of nitrogens with zero attached hydrogens (tertiary/aromatic N) is 1. The first-order chi connectivity index (χ1) is 12.1. The third kappa shape index (κ3) is 2.78. The lowest BCUT2D eigenvalue weighted by atomic mass is 9.86. The maximum absolute atomic E-state index is 11.9. The fraction of sp³-hybridized carbons (Fsp3) is 0.286. The van der Waals surface area contributed by atoms with Gasteiger partial charge in [-0.25, -0.2) is 4.79 Å². The highest BCUT2D eigenvalue weighted by atomic mass is 16.5. The first kappa shape index (κ1) is 15.8. The molecule has 0 amide bonds. The molecule has 1 aromatic heterocycles. The lowest BCUT2D eigenvalue weighted by molar-refractivity contribution is 0.0688. The second-order valence-electron chi connectivity index (χ2n) is 6.74. The number of hydrogen-bond acceptors (Lipinski definition) is 2. The molecule has 0 unspecified atom stereocenters. The van der Waals surface area contributed by atoms with Gasteiger partial charge in [0.1, 0.15) is 11.4 Å². The SMILES string of the molecule is Cn1c(C(=O)O)c(-c2cccc(OCC3CCC3)c2)c2ccccc21. The number of fused-ring (bicyclic) bond motifs is 1. The average molecular weight is 335 g/mol. The van der Waals surface area contributed by atoms with E-state index in [0.717, 1.165) is 34.4 Å². The summed E-state index contributed by atoms with van der Waals surface area (Å²) in [5, 5.41) is 10.7. The van der Waals surface area contributed by atoms with Crippen LogP contribution in [0.25, 0.3) is 22.0 Å². The van der Waals surface area contributed by atoms with Crippen molar-refractivity contribution >= 4 is 16.9 Å². The summed E-state index contributed by atoms with van der Waals surface area (Å²) in [7, 11) is 1.80. The van der Waals surface area contributed by atoms with E-state index in [2.05, 4.69) is 0 Å². The second-order valence-corrected chi connectivity index (χ2v) is 6.74. The number of benzene rings is 2. The molecule has 1 aliphatic carbocycles. The van der Waals surface area contributed by atoms with E-state index in [1.807, 2.05) is 48.5 Å². The molecule has 0 saturated heterocycles. The molecule has 4 rings (SSSR count). The maximum Gasteiger partial charge on any atom is 0.353 e. The van der Waals surface area contributed by atoms with Crippen LogP contribution in [0.15, 0.2) is 48.5 Å². The van der Waals surface area contributed by atoms with Crippen LogP contribution in [0.5, 0.6) is 5.75 Å². The number of para-hydroxylation sites is 1. The number of carboxylic acid groups (broad SMARTS) is 1. The lowest BCUT2D eigenvalue weighted by Gasteiger charge is -2.25. The van der Waals surface area contributed by atoms with E-state index >= 15 is 0 Å². The molecule has 25 heavy (non-hydrogen) atoms. The van der Waals surface area contributed by atoms with E-state index in [9.17, 15) is 9.90 Å². The molecule has 1 saturated carbocycles. The van der Waals surface area contributed by atoms with E-state index in [1.165, 1.54) is 19.3 Å². The largest absolute Gasteiger partial charge is 0.493 e. The van der Waals surface area contributed by atoms with Crippen molar-refractivity contribution in [2.24, 2.45) is 13.0 Å². The van der Waals surface area contributed by atoms with E-state index in [4.69, 9.17) is 4.74 Å². The number of aromatic nitrogens is 1. The van der Waals surface area contributed by atoms with E-state index in [0.29, 0.717) is 11.6 Å². The summed E-state index contributed by atoms with van der Waals surface area (Å²) in [5.41, 5.74) is 2.84. The normalized spacial score (nSPS) is 14.4. The molecule has 1 aliphatic rings. The Morgan fingerprint density at radius 3 is 2.72 bits per heavy atom. The van der Waals surface area contributed by atoms with Crippen LogP contribution in [-0.4, -0.2) is 22.2 Å². The monoisotopic (exact) mass is 335 g/mol. The predicted molar refractivity (Wildman–Crippen MR) is 98.2 cm³/mol. The van der Waals surface area contributed by atoms with Crippen molar-refractivity contribution in [2.45, 2.75) is 19.3 Å². The molecule has 0 spiro atoms. The van der Waals surface area contributed by atoms with Gasteiger partial charge in [-0.15, -0.1) is 0 Å². The molecular weight excluding hydrogens is 314 g/mol. The van der Waals surface area contributed by atoms with Crippen LogP contribution in [0.2, 0.25) is 0 Å². The topological polar surface area (TPSA) is 51.5 Å². The Morgan fingerprint density at radius 2 is 2.00 bits per heavy atom. The van der Waals surface area contributed by atoms with E-state index in [1.54, 1.807) is 11.6 Å². The Kier molecular flexibility index (Phi) is 3.96. The van der Waals surface area contributed by atoms with Crippen molar-refractivity contribution in [3.63, 3.8) is 0 Å². The minimum atomic E-state index is -0.922. The highest BCUT2D eigenvalue weighted by Crippen LogP contribution is 2.36. The van der Waals surface area contributed by atoms with Crippen molar-refractivity contribution in [1.82, 2.24) is 4.57 Å². The van der Waals surface area contributed by atoms with Gasteiger partial charge in [0.15, 0.2) is 0 Å². The molecule has 1 fully saturated rings. The Hall–Kier alpha value is -2.75. The molecule has 4 heteroatoms. The minimum Gasteiger partial charge on any atom is -0.493 e. The van der Waals surface area contributed by atoms with Gasteiger partial charge in [-0.2, -0.15) is 0 Å². The molecule has 0 radical (unpaired) electrons. The van der Waals surface area contributed by atoms with Crippen LogP contribution in [-0.2, 0) is 7.05 Å². The van der Waals surface area contributed by atoms with Crippen LogP contribution < -0.4 is 4.74 Å². The Morgan fingerprint density at radius 1 is 1.20 bits per heavy atom. The summed E-state index contributed by atoms with van der Waals surface area (Å²) in [5.74, 6) is 0.541. The summed E-state index contributed by atoms with van der Waals surface area (Å²) >= 11 is 0. The minimum absolute atomic E-state index is 0.303. The van der Waals surface area contributed by atoms with Gasteiger partial charge in [0.05, 0.1) is 6.61 Å². The van der Waals surface area contributed by atoms with Crippen molar-refractivity contribution in [3.05, 3.63) is 54.2 Å². The smallest absolute Gasteiger partial charge is 0.353 e. The van der Waals surface area contributed by atoms with Crippen molar-refractivity contribution < 1.29 is 14.6 Å². The summed E-state index contributed by atoms with van der Waals surface area (Å²) in [6.45, 7) is 0.741. The Balaban J connectivity index is 1.78. The fourth-order valence-corrected chi connectivity index (χ4v) is 3.55. The molecule has 1 heterocycles. The van der Waals surface area contributed by atoms with Crippen LogP contribution in [0.1, 0.15) is 29.8 Å². The second kappa shape index (κ2) is 6.28. The summed E-state index contributed by atoms with van der Waals surface area (Å²) in [6.07, 6.45) is 3.78. The van der Waals surface area contributed by atoms with Crippen molar-refractivity contribution in [3.8, 4) is 16.9 Å². The standard InChI is InChI=1S/C21H21NO3/c1-22-18-11-3-2-10-17(18)19(20(22)21(23)24)15-8-5-9-16(12-15)25-13-14-6-4-7-14/h2-3,5,8-12,14H,4,6-7,13H2,1H3,(H,23,24). The quantitative estimate of drug-likeness (QED) is 0.734. The highest BCUT2D eigenvalue weighted by Gasteiger charge is 2.22. The summed E-state index contributed by atoms with van der Waals surface area (Å²) in [6, 6.07) is 15.6. The highest BCUT2D eigenvalue weighted by molar-refractivity contribution is 6.08. The molecule has 2 aromatic carbocycles. The molecule has 1 N–H and O–H groups in total. The molecule has 0 bridgehead atoms. The first-order valence-electron chi connectivity index (χ1n) is 8.69. The molecule has 0 aliphatic heterocycles. The van der Waals surface area contributed by atoms with Gasteiger partial charge in [-0.05, 0) is 42.5 Å². The van der Waals surface area contributed by atoms with Crippen LogP contribution in [0.4, 0.5) is 0 Å². The van der Waals surface area contributed by atoms with Gasteiger partial charge < -0.3 is 14.4 Å². The molecular formula is C21H21NO3. The lowest BCUT2D eigenvalue weighted by Crippen LogP contribution is -2.19. The van der Waals surface area contributed by atoms with Crippen LogP contribution in [0, 0.1) is 5.92 Å². The summed E-state index contributed by atoms with van der Waals surface area (Å²) < 4.78 is 7.68. The predicted octanol–water partition coefficient (Wildman–Crippen LogP) is 4.72. The zero-order valence-electron chi connectivity index (χ0n) is 14.2. The van der Waals surface area contributed by atoms with Crippen molar-refractivity contribution in [2.75, 3.05) is 6.61 Å². The van der Waals surface area contributed by atoms with Gasteiger partial charge in [0, 0.05) is 23.5 Å². The zero-order chi connectivity index (χ0) is 17.4. The van der Waals surface area contributed by atoms with Gasteiger partial charge >= 0.3 is 5.97 Å². The number of carbonyl (C=O) groups is 1.